The van der Waals surface area contributed by atoms with Gasteiger partial charge in [0.1, 0.15) is 5.75 Å². The van der Waals surface area contributed by atoms with Crippen molar-refractivity contribution in [3.8, 4) is 11.8 Å². The van der Waals surface area contributed by atoms with Crippen LogP contribution in [0.3, 0.4) is 0 Å². The van der Waals surface area contributed by atoms with E-state index >= 15 is 0 Å². The lowest BCUT2D eigenvalue weighted by molar-refractivity contribution is -0.120. The van der Waals surface area contributed by atoms with E-state index in [2.05, 4.69) is 5.32 Å². The highest BCUT2D eigenvalue weighted by molar-refractivity contribution is 5.94. The summed E-state index contributed by atoms with van der Waals surface area (Å²) in [6.45, 7) is 5.89. The molecule has 1 unspecified atom stereocenters. The maximum atomic E-state index is 11.9. The first-order chi connectivity index (χ1) is 8.49. The van der Waals surface area contributed by atoms with Crippen LogP contribution in [0.25, 0.3) is 0 Å². The maximum Gasteiger partial charge on any atom is 0.227 e. The minimum absolute atomic E-state index is 0.0481. The number of nitriles is 1. The van der Waals surface area contributed by atoms with Gasteiger partial charge in [-0.25, -0.2) is 0 Å². The number of nitrogens with zero attached hydrogens (tertiary/aromatic N) is 1. The Labute approximate surface area is 108 Å². The van der Waals surface area contributed by atoms with E-state index in [9.17, 15) is 4.79 Å². The largest absolute Gasteiger partial charge is 0.495 e. The van der Waals surface area contributed by atoms with E-state index in [0.717, 1.165) is 0 Å². The van der Waals surface area contributed by atoms with Crippen LogP contribution >= 0.6 is 0 Å². The van der Waals surface area contributed by atoms with Crippen LogP contribution in [0.5, 0.6) is 5.75 Å². The highest BCUT2D eigenvalue weighted by Crippen LogP contribution is 2.26. The van der Waals surface area contributed by atoms with Gasteiger partial charge in [-0.05, 0) is 18.1 Å². The Hall–Kier alpha value is -2.02. The van der Waals surface area contributed by atoms with Crippen LogP contribution in [0.15, 0.2) is 18.2 Å². The fourth-order valence-corrected chi connectivity index (χ4v) is 1.41. The average Bonchev–Trinajstić information content (AvgIpc) is 2.37. The van der Waals surface area contributed by atoms with Crippen molar-refractivity contribution >= 4 is 11.6 Å². The number of methoxy groups -OCH3 is 1. The maximum absolute atomic E-state index is 11.9. The van der Waals surface area contributed by atoms with Gasteiger partial charge in [-0.1, -0.05) is 20.8 Å². The van der Waals surface area contributed by atoms with Crippen molar-refractivity contribution < 1.29 is 9.53 Å². The number of nitrogens with one attached hydrogen (secondary N) is 1. The molecule has 0 aliphatic rings. The van der Waals surface area contributed by atoms with Gasteiger partial charge in [-0.3, -0.25) is 4.79 Å². The molecule has 1 amide bonds. The first-order valence-corrected chi connectivity index (χ1v) is 5.88. The Morgan fingerprint density at radius 2 is 2.06 bits per heavy atom. The lowest BCUT2D eigenvalue weighted by atomic mass is 9.97. The van der Waals surface area contributed by atoms with E-state index in [0.29, 0.717) is 17.0 Å². The molecule has 0 aliphatic carbocycles. The number of anilines is 1. The van der Waals surface area contributed by atoms with E-state index in [1.807, 2.05) is 26.8 Å². The summed E-state index contributed by atoms with van der Waals surface area (Å²) < 4.78 is 5.16. The van der Waals surface area contributed by atoms with E-state index in [1.165, 1.54) is 7.11 Å². The van der Waals surface area contributed by atoms with Gasteiger partial charge in [0, 0.05) is 12.0 Å². The van der Waals surface area contributed by atoms with Crippen LogP contribution < -0.4 is 10.1 Å². The summed E-state index contributed by atoms with van der Waals surface area (Å²) in [4.78, 5) is 11.9. The summed E-state index contributed by atoms with van der Waals surface area (Å²) in [5, 5.41) is 11.6. The van der Waals surface area contributed by atoms with Crippen LogP contribution in [0, 0.1) is 23.2 Å². The van der Waals surface area contributed by atoms with Gasteiger partial charge in [0.05, 0.1) is 24.4 Å². The monoisotopic (exact) mass is 246 g/mol. The van der Waals surface area contributed by atoms with Gasteiger partial charge in [-0.2, -0.15) is 5.26 Å². The van der Waals surface area contributed by atoms with E-state index in [1.54, 1.807) is 18.2 Å². The van der Waals surface area contributed by atoms with Gasteiger partial charge < -0.3 is 10.1 Å². The Bertz CT molecular complexity index is 475. The predicted octanol–water partition coefficient (Wildman–Crippen LogP) is 2.80. The molecule has 1 atom stereocenters. The van der Waals surface area contributed by atoms with Crippen molar-refractivity contribution in [1.82, 2.24) is 0 Å². The molecule has 1 N–H and O–H groups in total. The zero-order valence-corrected chi connectivity index (χ0v) is 11.2. The fourth-order valence-electron chi connectivity index (χ4n) is 1.41. The molecular formula is C14H18N2O2. The summed E-state index contributed by atoms with van der Waals surface area (Å²) in [6, 6.07) is 6.97. The number of benzene rings is 1. The first kappa shape index (κ1) is 14.0. The quantitative estimate of drug-likeness (QED) is 0.888. The summed E-state index contributed by atoms with van der Waals surface area (Å²) in [5.41, 5.74) is 1.09. The van der Waals surface area contributed by atoms with Gasteiger partial charge in [0.2, 0.25) is 5.91 Å². The van der Waals surface area contributed by atoms with Gasteiger partial charge in [-0.15, -0.1) is 0 Å². The molecule has 0 saturated heterocycles. The second kappa shape index (κ2) is 6.06. The van der Waals surface area contributed by atoms with E-state index < -0.39 is 0 Å². The highest BCUT2D eigenvalue weighted by Gasteiger charge is 2.18. The second-order valence-electron chi connectivity index (χ2n) is 4.55. The third-order valence-corrected chi connectivity index (χ3v) is 3.00. The van der Waals surface area contributed by atoms with Crippen molar-refractivity contribution in [2.24, 2.45) is 11.8 Å². The Morgan fingerprint density at radius 1 is 1.39 bits per heavy atom. The summed E-state index contributed by atoms with van der Waals surface area (Å²) in [6.07, 6.45) is 0. The molecule has 96 valence electrons. The molecule has 1 rings (SSSR count). The fraction of sp³-hybridized carbons (Fsp3) is 0.429. The second-order valence-corrected chi connectivity index (χ2v) is 4.55. The van der Waals surface area contributed by atoms with Gasteiger partial charge >= 0.3 is 0 Å². The predicted molar refractivity (Wildman–Crippen MR) is 70.3 cm³/mol. The molecule has 0 fully saturated rings. The smallest absolute Gasteiger partial charge is 0.227 e. The molecule has 0 bridgehead atoms. The zero-order valence-electron chi connectivity index (χ0n) is 11.2. The van der Waals surface area contributed by atoms with Crippen molar-refractivity contribution in [3.05, 3.63) is 23.8 Å². The van der Waals surface area contributed by atoms with Crippen LogP contribution in [0.2, 0.25) is 0 Å². The number of hydrogen-bond acceptors (Lipinski definition) is 3. The average molecular weight is 246 g/mol. The molecule has 1 aromatic carbocycles. The Balaban J connectivity index is 2.91. The number of carbonyl (C=O) groups is 1. The Morgan fingerprint density at radius 3 is 2.56 bits per heavy atom. The summed E-state index contributed by atoms with van der Waals surface area (Å²) in [5.74, 6) is 0.645. The molecule has 0 aromatic heterocycles. The highest BCUT2D eigenvalue weighted by atomic mass is 16.5. The topological polar surface area (TPSA) is 62.1 Å². The van der Waals surface area contributed by atoms with Gasteiger partial charge in [0.15, 0.2) is 0 Å². The third-order valence-electron chi connectivity index (χ3n) is 3.00. The first-order valence-electron chi connectivity index (χ1n) is 5.88. The summed E-state index contributed by atoms with van der Waals surface area (Å²) in [7, 11) is 1.51. The summed E-state index contributed by atoms with van der Waals surface area (Å²) >= 11 is 0. The number of rotatable bonds is 4. The van der Waals surface area contributed by atoms with E-state index in [4.69, 9.17) is 10.00 Å². The number of hydrogen-bond donors (Lipinski definition) is 1. The number of amides is 1. The van der Waals surface area contributed by atoms with Crippen molar-refractivity contribution in [2.75, 3.05) is 12.4 Å². The molecule has 1 aromatic rings. The molecular weight excluding hydrogens is 228 g/mol. The van der Waals surface area contributed by atoms with Gasteiger partial charge in [0.25, 0.3) is 0 Å². The molecule has 0 spiro atoms. The standard InChI is InChI=1S/C14H18N2O2/c1-9(2)10(3)14(17)16-12-6-5-11(8-15)7-13(12)18-4/h5-7,9-10H,1-4H3,(H,16,17). The van der Waals surface area contributed by atoms with Crippen LogP contribution in [0.1, 0.15) is 26.3 Å². The van der Waals surface area contributed by atoms with Crippen molar-refractivity contribution in [3.63, 3.8) is 0 Å². The normalized spacial score (nSPS) is 11.8. The molecule has 0 aliphatic heterocycles. The molecule has 0 saturated carbocycles. The molecule has 18 heavy (non-hydrogen) atoms. The van der Waals surface area contributed by atoms with Crippen LogP contribution in [-0.2, 0) is 4.79 Å². The molecule has 0 radical (unpaired) electrons. The van der Waals surface area contributed by atoms with E-state index in [-0.39, 0.29) is 17.7 Å². The molecule has 4 nitrogen and oxygen atoms in total. The minimum atomic E-state index is -0.0784. The van der Waals surface area contributed by atoms with Crippen LogP contribution in [0.4, 0.5) is 5.69 Å². The van der Waals surface area contributed by atoms with Crippen molar-refractivity contribution in [2.45, 2.75) is 20.8 Å². The Kier molecular flexibility index (Phi) is 4.73. The van der Waals surface area contributed by atoms with Crippen LogP contribution in [-0.4, -0.2) is 13.0 Å². The minimum Gasteiger partial charge on any atom is -0.495 e. The molecule has 4 heteroatoms. The SMILES string of the molecule is COc1cc(C#N)ccc1NC(=O)C(C)C(C)C. The third kappa shape index (κ3) is 3.24. The lowest BCUT2D eigenvalue weighted by Gasteiger charge is -2.16. The molecule has 0 heterocycles. The lowest BCUT2D eigenvalue weighted by Crippen LogP contribution is -2.24. The zero-order chi connectivity index (χ0) is 13.7. The number of ether oxygens (including phenoxy) is 1. The van der Waals surface area contributed by atoms with Crippen molar-refractivity contribution in [1.29, 1.82) is 5.26 Å². The number of carbonyl (C=O) groups excluding carboxylic acids is 1.